The summed E-state index contributed by atoms with van der Waals surface area (Å²) < 4.78 is 5.74. The summed E-state index contributed by atoms with van der Waals surface area (Å²) in [5, 5.41) is 49.5. The summed E-state index contributed by atoms with van der Waals surface area (Å²) in [6.07, 6.45) is 20.6. The third kappa shape index (κ3) is 12.0. The van der Waals surface area contributed by atoms with E-state index < -0.39 is 24.2 Å². The zero-order valence-corrected chi connectivity index (χ0v) is 37.2. The summed E-state index contributed by atoms with van der Waals surface area (Å²) in [5.41, 5.74) is 6.54. The van der Waals surface area contributed by atoms with Crippen LogP contribution in [0.25, 0.3) is 0 Å². The molecular formula is C50H85N3O7+2. The summed E-state index contributed by atoms with van der Waals surface area (Å²) in [5.74, 6) is 11.7. The number of ketones is 2. The average Bonchev–Trinajstić information content (AvgIpc) is 3.31. The van der Waals surface area contributed by atoms with Gasteiger partial charge in [-0.2, -0.15) is 0 Å². The zero-order chi connectivity index (χ0) is 42.2. The molecule has 10 N–H and O–H groups in total. The molecule has 2 heterocycles. The van der Waals surface area contributed by atoms with Crippen LogP contribution >= 0.6 is 0 Å². The minimum absolute atomic E-state index is 0.0136. The standard InChI is InChI=1S/C50H83N3O7/c1-60-49-25-36-14-18-47(58)42(46(57)8-4-7-32(20-22-54)39-24-38-12-16-41(56)28-45(38)53-30-39)17-13-33(44(36)29-48(49)59)11-15-40(55)27-43(37-19-21-52-50(51)26-37)35-10-9-31-5-2-3-6-34(31)23-35/h31-40,42-46,48-50,52-55,57,59H,2-12,14-16,18-30,51H2,1H3/p+2/t31?,32-,33-,34?,35?,36?,37?,38+,39-,40+,42-,43+,44?,45-,46-,48?,49?,50?/m1/s1. The molecular weight excluding hydrogens is 755 g/mol. The van der Waals surface area contributed by atoms with Crippen LogP contribution in [0.5, 0.6) is 0 Å². The van der Waals surface area contributed by atoms with E-state index in [4.69, 9.17) is 10.5 Å². The molecule has 10 heteroatoms. The van der Waals surface area contributed by atoms with Crippen LogP contribution in [-0.2, 0) is 14.3 Å². The van der Waals surface area contributed by atoms with Crippen molar-refractivity contribution in [2.45, 2.75) is 191 Å². The van der Waals surface area contributed by atoms with Crippen LogP contribution < -0.4 is 16.4 Å². The van der Waals surface area contributed by atoms with E-state index >= 15 is 0 Å². The first-order valence-electron chi connectivity index (χ1n) is 25.3. The van der Waals surface area contributed by atoms with Gasteiger partial charge in [0.15, 0.2) is 0 Å². The molecule has 340 valence electrons. The van der Waals surface area contributed by atoms with E-state index in [2.05, 4.69) is 22.5 Å². The molecule has 5 aliphatic carbocycles. The van der Waals surface area contributed by atoms with Crippen LogP contribution in [0, 0.1) is 82.9 Å². The van der Waals surface area contributed by atoms with Crippen molar-refractivity contribution in [2.75, 3.05) is 26.8 Å². The molecule has 2 saturated heterocycles. The minimum Gasteiger partial charge on any atom is -0.396 e. The van der Waals surface area contributed by atoms with Crippen molar-refractivity contribution < 1.29 is 45.4 Å². The number of methoxy groups -OCH3 is 1. The highest BCUT2D eigenvalue weighted by molar-refractivity contribution is 5.84. The van der Waals surface area contributed by atoms with Gasteiger partial charge in [-0.25, -0.2) is 0 Å². The maximum Gasteiger partial charge on any atom is 0.150 e. The van der Waals surface area contributed by atoms with Crippen molar-refractivity contribution in [3.8, 4) is 11.8 Å². The van der Waals surface area contributed by atoms with Crippen LogP contribution in [-0.4, -0.2) is 95.4 Å². The number of piperidine rings is 2. The molecule has 0 radical (unpaired) electrons. The molecule has 0 amide bonds. The van der Waals surface area contributed by atoms with Gasteiger partial charge in [-0.1, -0.05) is 43.9 Å². The van der Waals surface area contributed by atoms with E-state index in [9.17, 15) is 30.0 Å². The Hall–Kier alpha value is -1.42. The highest BCUT2D eigenvalue weighted by Gasteiger charge is 2.44. The molecule has 9 unspecified atom stereocenters. The van der Waals surface area contributed by atoms with E-state index in [1.165, 1.54) is 51.4 Å². The summed E-state index contributed by atoms with van der Waals surface area (Å²) >= 11 is 0. The third-order valence-electron chi connectivity index (χ3n) is 18.0. The normalized spacial score (nSPS) is 40.8. The summed E-state index contributed by atoms with van der Waals surface area (Å²) in [6.45, 7) is 2.21. The van der Waals surface area contributed by atoms with Crippen LogP contribution in [0.1, 0.15) is 154 Å². The summed E-state index contributed by atoms with van der Waals surface area (Å²) in [7, 11) is 1.66. The van der Waals surface area contributed by atoms with E-state index in [0.717, 1.165) is 69.9 Å². The second kappa shape index (κ2) is 22.5. The van der Waals surface area contributed by atoms with Crippen molar-refractivity contribution in [3.63, 3.8) is 0 Å². The molecule has 4 saturated carbocycles. The molecule has 0 aromatic carbocycles. The van der Waals surface area contributed by atoms with E-state index in [1.54, 1.807) is 7.11 Å². The third-order valence-corrected chi connectivity index (χ3v) is 18.0. The van der Waals surface area contributed by atoms with Crippen LogP contribution in [0.3, 0.4) is 0 Å². The van der Waals surface area contributed by atoms with Crippen molar-refractivity contribution in [1.29, 1.82) is 0 Å². The van der Waals surface area contributed by atoms with Gasteiger partial charge in [0.1, 0.15) is 23.7 Å². The number of aliphatic hydroxyl groups excluding tert-OH is 4. The Labute approximate surface area is 362 Å². The number of fused-ring (bicyclic) bond motifs is 3. The smallest absolute Gasteiger partial charge is 0.150 e. The number of carbonyl (C=O) groups excluding carboxylic acids is 2. The van der Waals surface area contributed by atoms with Crippen molar-refractivity contribution >= 4 is 11.6 Å². The maximum atomic E-state index is 13.9. The molecule has 10 nitrogen and oxygen atoms in total. The Bertz CT molecular complexity index is 1440. The number of rotatable bonds is 16. The van der Waals surface area contributed by atoms with Gasteiger partial charge in [-0.15, -0.1) is 0 Å². The predicted octanol–water partition coefficient (Wildman–Crippen LogP) is 3.85. The molecule has 60 heavy (non-hydrogen) atoms. The Balaban J connectivity index is 1.01. The van der Waals surface area contributed by atoms with Gasteiger partial charge >= 0.3 is 0 Å². The van der Waals surface area contributed by atoms with Gasteiger partial charge in [0.05, 0.1) is 50.0 Å². The lowest BCUT2D eigenvalue weighted by molar-refractivity contribution is -0.712. The fourth-order valence-corrected chi connectivity index (χ4v) is 14.6. The van der Waals surface area contributed by atoms with Gasteiger partial charge in [-0.3, -0.25) is 15.3 Å². The number of quaternary nitrogens is 2. The summed E-state index contributed by atoms with van der Waals surface area (Å²) in [4.78, 5) is 26.0. The number of hydrogen-bond acceptors (Lipinski definition) is 8. The molecule has 7 aliphatic rings. The number of ether oxygens (including phenoxy) is 1. The zero-order valence-electron chi connectivity index (χ0n) is 37.2. The first-order chi connectivity index (χ1) is 29.1. The van der Waals surface area contributed by atoms with Gasteiger partial charge in [-0.05, 0) is 144 Å². The van der Waals surface area contributed by atoms with Crippen molar-refractivity contribution in [3.05, 3.63) is 0 Å². The molecule has 0 aromatic rings. The highest BCUT2D eigenvalue weighted by atomic mass is 16.5. The van der Waals surface area contributed by atoms with E-state index in [1.807, 2.05) is 0 Å². The molecule has 2 aliphatic heterocycles. The lowest BCUT2D eigenvalue weighted by Gasteiger charge is -2.45. The second-order valence-electron chi connectivity index (χ2n) is 21.5. The first-order valence-corrected chi connectivity index (χ1v) is 25.3. The maximum absolute atomic E-state index is 13.9. The highest BCUT2D eigenvalue weighted by Crippen LogP contribution is 2.49. The van der Waals surface area contributed by atoms with Crippen LogP contribution in [0.4, 0.5) is 0 Å². The number of carbonyl (C=O) groups is 2. The fraction of sp³-hybridized carbons (Fsp3) is 0.920. The number of aliphatic hydroxyl groups is 4. The van der Waals surface area contributed by atoms with Crippen LogP contribution in [0.15, 0.2) is 0 Å². The molecule has 18 atom stereocenters. The molecule has 0 aromatic heterocycles. The van der Waals surface area contributed by atoms with E-state index in [-0.39, 0.29) is 42.4 Å². The Morgan fingerprint density at radius 3 is 2.38 bits per heavy atom. The topological polar surface area (TPSA) is 184 Å². The monoisotopic (exact) mass is 840 g/mol. The van der Waals surface area contributed by atoms with Gasteiger partial charge in [0.2, 0.25) is 0 Å². The molecule has 0 bridgehead atoms. The van der Waals surface area contributed by atoms with Crippen molar-refractivity contribution in [2.24, 2.45) is 76.7 Å². The predicted molar refractivity (Wildman–Crippen MR) is 232 cm³/mol. The van der Waals surface area contributed by atoms with Gasteiger partial charge < -0.3 is 35.8 Å². The second-order valence-corrected chi connectivity index (χ2v) is 21.5. The fourth-order valence-electron chi connectivity index (χ4n) is 14.6. The minimum atomic E-state index is -0.853. The quantitative estimate of drug-likeness (QED) is 0.115. The van der Waals surface area contributed by atoms with Gasteiger partial charge in [0.25, 0.3) is 0 Å². The SMILES string of the molecule is COC1CC2CCC(=O)[C@@H]([C@H](O)CCC[C@H](CCO)[C@H]3C[NH2+][C@@H]4CC(=O)CC[C@H]4C3)C#C[C@@H](CC[C@H](O)C[C@H](C3CC[NH2+]C(N)C3)C3CCC4CCCCC4C3)C2CC1O. The Morgan fingerprint density at radius 1 is 0.800 bits per heavy atom. The lowest BCUT2D eigenvalue weighted by Crippen LogP contribution is -2.95. The lowest BCUT2D eigenvalue weighted by atomic mass is 9.61. The first kappa shape index (κ1) is 46.6. The average molecular weight is 840 g/mol. The van der Waals surface area contributed by atoms with Gasteiger partial charge in [0, 0.05) is 50.7 Å². The largest absolute Gasteiger partial charge is 0.396 e. The van der Waals surface area contributed by atoms with Crippen molar-refractivity contribution in [1.82, 2.24) is 0 Å². The van der Waals surface area contributed by atoms with E-state index in [0.29, 0.717) is 105 Å². The summed E-state index contributed by atoms with van der Waals surface area (Å²) in [6, 6.07) is 0.412. The molecule has 7 rings (SSSR count). The van der Waals surface area contributed by atoms with Crippen LogP contribution in [0.2, 0.25) is 0 Å². The number of Topliss-reactive ketones (excluding diaryl/α,β-unsaturated/α-hetero) is 2. The Kier molecular flexibility index (Phi) is 17.4. The Morgan fingerprint density at radius 2 is 1.58 bits per heavy atom. The molecule has 6 fully saturated rings. The number of hydrogen-bond donors (Lipinski definition) is 7. The molecule has 0 spiro atoms. The number of nitrogens with two attached hydrogens (primary N) is 3.